The molecule has 134 valence electrons. The van der Waals surface area contributed by atoms with Gasteiger partial charge in [0.05, 0.1) is 22.8 Å². The number of benzene rings is 2. The second-order valence-corrected chi connectivity index (χ2v) is 7.96. The van der Waals surface area contributed by atoms with Crippen LogP contribution < -0.4 is 5.32 Å². The van der Waals surface area contributed by atoms with Crippen molar-refractivity contribution in [1.82, 2.24) is 9.55 Å². The largest absolute Gasteiger partial charge is 0.324 e. The van der Waals surface area contributed by atoms with Crippen molar-refractivity contribution in [2.75, 3.05) is 11.6 Å². The average Bonchev–Trinajstić information content (AvgIpc) is 3.03. The van der Waals surface area contributed by atoms with Crippen LogP contribution >= 0.6 is 23.5 Å². The molecule has 4 nitrogen and oxygen atoms in total. The molecule has 0 bridgehead atoms. The summed E-state index contributed by atoms with van der Waals surface area (Å²) in [5, 5.41) is 3.59. The van der Waals surface area contributed by atoms with Gasteiger partial charge in [-0.1, -0.05) is 54.2 Å². The first-order chi connectivity index (χ1) is 12.6. The maximum Gasteiger partial charge on any atom is 0.237 e. The van der Waals surface area contributed by atoms with Gasteiger partial charge in [-0.25, -0.2) is 4.98 Å². The maximum absolute atomic E-state index is 12.6. The fraction of sp³-hybridized carbons (Fsp3) is 0.200. The van der Waals surface area contributed by atoms with E-state index in [1.165, 1.54) is 11.8 Å². The lowest BCUT2D eigenvalue weighted by atomic mass is 10.2. The molecule has 26 heavy (non-hydrogen) atoms. The summed E-state index contributed by atoms with van der Waals surface area (Å²) in [6, 6.07) is 18.0. The number of para-hydroxylation sites is 1. The van der Waals surface area contributed by atoms with Gasteiger partial charge in [-0.15, -0.1) is 11.8 Å². The van der Waals surface area contributed by atoms with Crippen LogP contribution in [0, 0.1) is 0 Å². The zero-order valence-electron chi connectivity index (χ0n) is 15.0. The third-order valence-corrected chi connectivity index (χ3v) is 5.98. The minimum Gasteiger partial charge on any atom is -0.324 e. The molecule has 0 spiro atoms. The summed E-state index contributed by atoms with van der Waals surface area (Å²) in [5.74, 6) is -0.0271. The molecule has 1 amide bonds. The summed E-state index contributed by atoms with van der Waals surface area (Å²) in [5.41, 5.74) is 3.00. The number of thioether (sulfide) groups is 2. The Morgan fingerprint density at radius 2 is 1.81 bits per heavy atom. The van der Waals surface area contributed by atoms with Gasteiger partial charge in [-0.2, -0.15) is 0 Å². The Bertz CT molecular complexity index is 893. The molecule has 1 unspecified atom stereocenters. The lowest BCUT2D eigenvalue weighted by Crippen LogP contribution is -2.23. The standard InChI is InChI=1S/C20H21N3OS2/c1-14(19(24)22-16-11-7-8-12-18(16)25-3)26-20-21-13-17(23(20)2)15-9-5-4-6-10-15/h4-14H,1-3H3,(H,22,24). The van der Waals surface area contributed by atoms with Gasteiger partial charge in [-0.05, 0) is 30.9 Å². The lowest BCUT2D eigenvalue weighted by molar-refractivity contribution is -0.115. The van der Waals surface area contributed by atoms with Gasteiger partial charge >= 0.3 is 0 Å². The highest BCUT2D eigenvalue weighted by Crippen LogP contribution is 2.29. The molecule has 1 aromatic heterocycles. The molecule has 0 fully saturated rings. The molecule has 0 saturated heterocycles. The summed E-state index contributed by atoms with van der Waals surface area (Å²) in [6.45, 7) is 1.90. The summed E-state index contributed by atoms with van der Waals surface area (Å²) in [4.78, 5) is 18.1. The van der Waals surface area contributed by atoms with Crippen molar-refractivity contribution >= 4 is 35.1 Å². The van der Waals surface area contributed by atoms with Gasteiger partial charge in [0.1, 0.15) is 0 Å². The number of rotatable bonds is 6. The summed E-state index contributed by atoms with van der Waals surface area (Å²) >= 11 is 3.08. The van der Waals surface area contributed by atoms with E-state index in [1.807, 2.05) is 73.5 Å². The molecular formula is C20H21N3OS2. The van der Waals surface area contributed by atoms with E-state index in [0.717, 1.165) is 27.0 Å². The lowest BCUT2D eigenvalue weighted by Gasteiger charge is -2.14. The van der Waals surface area contributed by atoms with Gasteiger partial charge in [0.2, 0.25) is 5.91 Å². The third kappa shape index (κ3) is 4.14. The Labute approximate surface area is 162 Å². The van der Waals surface area contributed by atoms with E-state index in [4.69, 9.17) is 0 Å². The molecule has 2 aromatic carbocycles. The van der Waals surface area contributed by atoms with Crippen molar-refractivity contribution in [3.8, 4) is 11.3 Å². The number of amides is 1. The number of aromatic nitrogens is 2. The molecule has 6 heteroatoms. The van der Waals surface area contributed by atoms with Crippen LogP contribution in [0.3, 0.4) is 0 Å². The molecule has 1 heterocycles. The van der Waals surface area contributed by atoms with Gasteiger partial charge < -0.3 is 9.88 Å². The Morgan fingerprint density at radius 1 is 1.12 bits per heavy atom. The van der Waals surface area contributed by atoms with E-state index in [9.17, 15) is 4.79 Å². The van der Waals surface area contributed by atoms with Gasteiger partial charge in [-0.3, -0.25) is 4.79 Å². The van der Waals surface area contributed by atoms with E-state index in [0.29, 0.717) is 0 Å². The van der Waals surface area contributed by atoms with Crippen LogP contribution in [-0.2, 0) is 11.8 Å². The number of nitrogens with zero attached hydrogens (tertiary/aromatic N) is 2. The molecule has 3 aromatic rings. The highest BCUT2D eigenvalue weighted by Gasteiger charge is 2.19. The van der Waals surface area contributed by atoms with Crippen LogP contribution in [0.1, 0.15) is 6.92 Å². The Kier molecular flexibility index (Phi) is 6.06. The monoisotopic (exact) mass is 383 g/mol. The zero-order chi connectivity index (χ0) is 18.5. The molecule has 0 radical (unpaired) electrons. The molecule has 0 aliphatic carbocycles. The average molecular weight is 384 g/mol. The second kappa shape index (κ2) is 8.47. The molecule has 0 aliphatic heterocycles. The molecule has 1 atom stereocenters. The van der Waals surface area contributed by atoms with Crippen molar-refractivity contribution < 1.29 is 4.79 Å². The van der Waals surface area contributed by atoms with Crippen LogP contribution in [0.25, 0.3) is 11.3 Å². The molecule has 1 N–H and O–H groups in total. The van der Waals surface area contributed by atoms with E-state index in [-0.39, 0.29) is 11.2 Å². The minimum absolute atomic E-state index is 0.0271. The van der Waals surface area contributed by atoms with Gasteiger partial charge in [0.15, 0.2) is 5.16 Å². The SMILES string of the molecule is CSc1ccccc1NC(=O)C(C)Sc1ncc(-c2ccccc2)n1C. The smallest absolute Gasteiger partial charge is 0.237 e. The topological polar surface area (TPSA) is 46.9 Å². The van der Waals surface area contributed by atoms with Crippen molar-refractivity contribution in [3.63, 3.8) is 0 Å². The number of imidazole rings is 1. The van der Waals surface area contributed by atoms with Crippen molar-refractivity contribution in [3.05, 3.63) is 60.8 Å². The number of anilines is 1. The van der Waals surface area contributed by atoms with E-state index in [2.05, 4.69) is 22.4 Å². The highest BCUT2D eigenvalue weighted by molar-refractivity contribution is 8.00. The first kappa shape index (κ1) is 18.6. The zero-order valence-corrected chi connectivity index (χ0v) is 16.6. The Hall–Kier alpha value is -2.18. The Balaban J connectivity index is 1.71. The number of nitrogens with one attached hydrogen (secondary N) is 1. The molecule has 0 aliphatic rings. The van der Waals surface area contributed by atoms with E-state index >= 15 is 0 Å². The normalized spacial score (nSPS) is 12.0. The van der Waals surface area contributed by atoms with Crippen molar-refractivity contribution in [1.29, 1.82) is 0 Å². The van der Waals surface area contributed by atoms with Crippen molar-refractivity contribution in [2.45, 2.75) is 22.2 Å². The first-order valence-electron chi connectivity index (χ1n) is 8.28. The number of carbonyl (C=O) groups excluding carboxylic acids is 1. The fourth-order valence-corrected chi connectivity index (χ4v) is 3.98. The summed E-state index contributed by atoms with van der Waals surface area (Å²) in [6.07, 6.45) is 3.85. The number of hydrogen-bond acceptors (Lipinski definition) is 4. The predicted molar refractivity (Wildman–Crippen MR) is 111 cm³/mol. The van der Waals surface area contributed by atoms with Crippen LogP contribution in [-0.4, -0.2) is 27.0 Å². The van der Waals surface area contributed by atoms with Crippen LogP contribution in [0.5, 0.6) is 0 Å². The molecular weight excluding hydrogens is 362 g/mol. The minimum atomic E-state index is -0.255. The van der Waals surface area contributed by atoms with Gasteiger partial charge in [0.25, 0.3) is 0 Å². The van der Waals surface area contributed by atoms with Crippen LogP contribution in [0.4, 0.5) is 5.69 Å². The van der Waals surface area contributed by atoms with Crippen LogP contribution in [0.15, 0.2) is 70.8 Å². The van der Waals surface area contributed by atoms with E-state index in [1.54, 1.807) is 11.8 Å². The van der Waals surface area contributed by atoms with Crippen molar-refractivity contribution in [2.24, 2.45) is 7.05 Å². The predicted octanol–water partition coefficient (Wildman–Crippen LogP) is 4.93. The fourth-order valence-electron chi connectivity index (χ4n) is 2.57. The summed E-state index contributed by atoms with van der Waals surface area (Å²) < 4.78 is 2.03. The van der Waals surface area contributed by atoms with Gasteiger partial charge in [0, 0.05) is 11.9 Å². The first-order valence-corrected chi connectivity index (χ1v) is 10.4. The Morgan fingerprint density at radius 3 is 2.54 bits per heavy atom. The summed E-state index contributed by atoms with van der Waals surface area (Å²) in [7, 11) is 1.98. The maximum atomic E-state index is 12.6. The number of carbonyl (C=O) groups is 1. The number of hydrogen-bond donors (Lipinski definition) is 1. The molecule has 0 saturated carbocycles. The van der Waals surface area contributed by atoms with E-state index < -0.39 is 0 Å². The molecule has 3 rings (SSSR count). The quantitative estimate of drug-likeness (QED) is 0.613. The second-order valence-electron chi connectivity index (χ2n) is 5.80. The van der Waals surface area contributed by atoms with Crippen LogP contribution in [0.2, 0.25) is 0 Å². The third-order valence-electron chi connectivity index (χ3n) is 4.03. The highest BCUT2D eigenvalue weighted by atomic mass is 32.2.